The van der Waals surface area contributed by atoms with E-state index in [1.165, 1.54) is 12.1 Å². The highest BCUT2D eigenvalue weighted by molar-refractivity contribution is 6.35. The molecule has 0 spiro atoms. The second-order valence-electron chi connectivity index (χ2n) is 7.28. The van der Waals surface area contributed by atoms with Crippen molar-refractivity contribution in [3.63, 3.8) is 0 Å². The molecule has 158 valence electrons. The lowest BCUT2D eigenvalue weighted by atomic mass is 10.1. The summed E-state index contributed by atoms with van der Waals surface area (Å²) in [6, 6.07) is 13.0. The number of benzene rings is 2. The van der Waals surface area contributed by atoms with Gasteiger partial charge < -0.3 is 5.32 Å². The number of aromatic nitrogens is 3. The van der Waals surface area contributed by atoms with Crippen LogP contribution in [0.3, 0.4) is 0 Å². The van der Waals surface area contributed by atoms with Crippen molar-refractivity contribution in [3.8, 4) is 11.3 Å². The average Bonchev–Trinajstić information content (AvgIpc) is 3.11. The second-order valence-corrected chi connectivity index (χ2v) is 8.15. The number of carbonyl (C=O) groups is 1. The number of hydrogen-bond donors (Lipinski definition) is 1. The number of amides is 1. The van der Waals surface area contributed by atoms with E-state index in [9.17, 15) is 9.18 Å². The van der Waals surface area contributed by atoms with Gasteiger partial charge in [-0.3, -0.25) is 4.79 Å². The maximum absolute atomic E-state index is 13.6. The van der Waals surface area contributed by atoms with E-state index in [0.29, 0.717) is 39.1 Å². The molecule has 2 aromatic heterocycles. The summed E-state index contributed by atoms with van der Waals surface area (Å²) in [4.78, 5) is 17.1. The number of hydrogen-bond acceptors (Lipinski definition) is 3. The van der Waals surface area contributed by atoms with Crippen LogP contribution in [0.4, 0.5) is 10.1 Å². The smallest absolute Gasteiger partial charge is 0.224 e. The molecule has 5 nitrogen and oxygen atoms in total. The standard InChI is InChI=1S/C23H19Cl2FN4O/c1-13-20(6-7-23(31)28-19-10-16(24)9-17(25)11-19)14(2)30-22(27-13)12-21(29-30)15-4-3-5-18(26)8-15/h3-5,8-12H,6-7H2,1-2H3,(H,28,31). The number of nitrogens with one attached hydrogen (secondary N) is 1. The molecule has 2 aromatic carbocycles. The summed E-state index contributed by atoms with van der Waals surface area (Å²) in [5.74, 6) is -0.471. The van der Waals surface area contributed by atoms with E-state index in [1.807, 2.05) is 19.9 Å². The van der Waals surface area contributed by atoms with Gasteiger partial charge in [0.1, 0.15) is 5.82 Å². The fourth-order valence-corrected chi connectivity index (χ4v) is 4.09. The van der Waals surface area contributed by atoms with Gasteiger partial charge in [-0.05, 0) is 56.2 Å². The van der Waals surface area contributed by atoms with Crippen LogP contribution in [-0.4, -0.2) is 20.5 Å². The molecule has 4 rings (SSSR count). The maximum Gasteiger partial charge on any atom is 0.224 e. The predicted octanol–water partition coefficient (Wildman–Crippen LogP) is 6.03. The summed E-state index contributed by atoms with van der Waals surface area (Å²) in [7, 11) is 0. The van der Waals surface area contributed by atoms with Gasteiger partial charge in [-0.15, -0.1) is 0 Å². The zero-order chi connectivity index (χ0) is 22.1. The predicted molar refractivity (Wildman–Crippen MR) is 121 cm³/mol. The molecular weight excluding hydrogens is 438 g/mol. The van der Waals surface area contributed by atoms with Crippen molar-refractivity contribution in [2.45, 2.75) is 26.7 Å². The lowest BCUT2D eigenvalue weighted by Gasteiger charge is -2.11. The third kappa shape index (κ3) is 4.70. The van der Waals surface area contributed by atoms with Crippen LogP contribution in [0.2, 0.25) is 10.0 Å². The van der Waals surface area contributed by atoms with Gasteiger partial charge in [0.2, 0.25) is 5.91 Å². The third-order valence-electron chi connectivity index (χ3n) is 5.03. The molecular formula is C23H19Cl2FN4O. The highest BCUT2D eigenvalue weighted by atomic mass is 35.5. The number of carbonyl (C=O) groups excluding carboxylic acids is 1. The lowest BCUT2D eigenvalue weighted by Crippen LogP contribution is -2.14. The SMILES string of the molecule is Cc1nc2cc(-c3cccc(F)c3)nn2c(C)c1CCC(=O)Nc1cc(Cl)cc(Cl)c1. The first-order valence-corrected chi connectivity index (χ1v) is 10.4. The number of rotatable bonds is 5. The first kappa shape index (κ1) is 21.3. The van der Waals surface area contributed by atoms with Crippen molar-refractivity contribution in [1.82, 2.24) is 14.6 Å². The largest absolute Gasteiger partial charge is 0.326 e. The van der Waals surface area contributed by atoms with Crippen LogP contribution in [0.15, 0.2) is 48.5 Å². The Bertz CT molecular complexity index is 1280. The topological polar surface area (TPSA) is 59.3 Å². The summed E-state index contributed by atoms with van der Waals surface area (Å²) >= 11 is 12.0. The van der Waals surface area contributed by atoms with Crippen molar-refractivity contribution >= 4 is 40.4 Å². The van der Waals surface area contributed by atoms with E-state index in [1.54, 1.807) is 34.8 Å². The number of fused-ring (bicyclic) bond motifs is 1. The van der Waals surface area contributed by atoms with Gasteiger partial charge in [0.15, 0.2) is 5.65 Å². The maximum atomic E-state index is 13.6. The molecule has 1 amide bonds. The molecule has 0 aliphatic carbocycles. The van der Waals surface area contributed by atoms with E-state index in [-0.39, 0.29) is 18.1 Å². The zero-order valence-electron chi connectivity index (χ0n) is 16.9. The fraction of sp³-hybridized carbons (Fsp3) is 0.174. The van der Waals surface area contributed by atoms with Crippen LogP contribution in [0.1, 0.15) is 23.4 Å². The summed E-state index contributed by atoms with van der Waals surface area (Å²) in [6.07, 6.45) is 0.757. The molecule has 0 saturated heterocycles. The minimum atomic E-state index is -0.317. The van der Waals surface area contributed by atoms with E-state index >= 15 is 0 Å². The first-order valence-electron chi connectivity index (χ1n) is 9.68. The van der Waals surface area contributed by atoms with E-state index in [2.05, 4.69) is 15.4 Å². The number of halogens is 3. The van der Waals surface area contributed by atoms with Crippen LogP contribution in [0.25, 0.3) is 16.9 Å². The summed E-state index contributed by atoms with van der Waals surface area (Å²) < 4.78 is 15.3. The molecule has 0 atom stereocenters. The molecule has 0 unspecified atom stereocenters. The Morgan fingerprint density at radius 2 is 1.84 bits per heavy atom. The van der Waals surface area contributed by atoms with Gasteiger partial charge in [-0.2, -0.15) is 5.10 Å². The molecule has 0 aliphatic heterocycles. The van der Waals surface area contributed by atoms with Crippen molar-refractivity contribution < 1.29 is 9.18 Å². The Morgan fingerprint density at radius 3 is 2.55 bits per heavy atom. The van der Waals surface area contributed by atoms with Gasteiger partial charge in [0, 0.05) is 45.2 Å². The van der Waals surface area contributed by atoms with Crippen molar-refractivity contribution in [1.29, 1.82) is 0 Å². The Kier molecular flexibility index (Phi) is 5.94. The first-order chi connectivity index (χ1) is 14.8. The van der Waals surface area contributed by atoms with Crippen LogP contribution in [0.5, 0.6) is 0 Å². The van der Waals surface area contributed by atoms with Crippen molar-refractivity contribution in [2.24, 2.45) is 0 Å². The monoisotopic (exact) mass is 456 g/mol. The van der Waals surface area contributed by atoms with E-state index < -0.39 is 0 Å². The summed E-state index contributed by atoms with van der Waals surface area (Å²) in [5, 5.41) is 8.32. The minimum absolute atomic E-state index is 0.154. The van der Waals surface area contributed by atoms with Crippen LogP contribution in [0, 0.1) is 19.7 Å². The molecule has 2 heterocycles. The summed E-state index contributed by atoms with van der Waals surface area (Å²) in [6.45, 7) is 3.85. The third-order valence-corrected chi connectivity index (χ3v) is 5.47. The van der Waals surface area contributed by atoms with Crippen LogP contribution < -0.4 is 5.32 Å². The molecule has 8 heteroatoms. The minimum Gasteiger partial charge on any atom is -0.326 e. The van der Waals surface area contributed by atoms with E-state index in [4.69, 9.17) is 23.2 Å². The fourth-order valence-electron chi connectivity index (χ4n) is 3.57. The Balaban J connectivity index is 1.55. The van der Waals surface area contributed by atoms with Crippen LogP contribution in [-0.2, 0) is 11.2 Å². The molecule has 4 aromatic rings. The lowest BCUT2D eigenvalue weighted by molar-refractivity contribution is -0.116. The molecule has 0 aliphatic rings. The number of anilines is 1. The summed E-state index contributed by atoms with van der Waals surface area (Å²) in [5.41, 5.74) is 5.22. The average molecular weight is 457 g/mol. The van der Waals surface area contributed by atoms with Gasteiger partial charge >= 0.3 is 0 Å². The molecule has 0 bridgehead atoms. The number of aryl methyl sites for hydroxylation is 2. The van der Waals surface area contributed by atoms with Gasteiger partial charge in [0.25, 0.3) is 0 Å². The van der Waals surface area contributed by atoms with Crippen LogP contribution >= 0.6 is 23.2 Å². The molecule has 0 saturated carbocycles. The Morgan fingerprint density at radius 1 is 1.10 bits per heavy atom. The highest BCUT2D eigenvalue weighted by Gasteiger charge is 2.15. The van der Waals surface area contributed by atoms with Crippen molar-refractivity contribution in [3.05, 3.63) is 81.3 Å². The molecule has 0 fully saturated rings. The normalized spacial score (nSPS) is 11.1. The molecule has 31 heavy (non-hydrogen) atoms. The van der Waals surface area contributed by atoms with E-state index in [0.717, 1.165) is 17.0 Å². The zero-order valence-corrected chi connectivity index (χ0v) is 18.4. The molecule has 1 N–H and O–H groups in total. The van der Waals surface area contributed by atoms with Gasteiger partial charge in [0.05, 0.1) is 5.69 Å². The number of nitrogens with zero attached hydrogens (tertiary/aromatic N) is 3. The molecule has 0 radical (unpaired) electrons. The van der Waals surface area contributed by atoms with Gasteiger partial charge in [-0.1, -0.05) is 35.3 Å². The Hall–Kier alpha value is -2.96. The second kappa shape index (κ2) is 8.65. The quantitative estimate of drug-likeness (QED) is 0.398. The highest BCUT2D eigenvalue weighted by Crippen LogP contribution is 2.24. The Labute approximate surface area is 188 Å². The van der Waals surface area contributed by atoms with Gasteiger partial charge in [-0.25, -0.2) is 13.9 Å². The van der Waals surface area contributed by atoms with Crippen molar-refractivity contribution in [2.75, 3.05) is 5.32 Å².